The minimum Gasteiger partial charge on any atom is -0.417 e. The molecule has 0 aliphatic heterocycles. The van der Waals surface area contributed by atoms with Crippen LogP contribution in [-0.4, -0.2) is 11.8 Å². The highest BCUT2D eigenvalue weighted by atomic mass is 16.6. The van der Waals surface area contributed by atoms with Crippen molar-refractivity contribution in [3.63, 3.8) is 0 Å². The first-order valence-corrected chi connectivity index (χ1v) is 3.94. The van der Waals surface area contributed by atoms with Gasteiger partial charge in [-0.1, -0.05) is 18.2 Å². The lowest BCUT2D eigenvalue weighted by atomic mass is 10.2. The maximum atomic E-state index is 5.16. The largest absolute Gasteiger partial charge is 0.417 e. The van der Waals surface area contributed by atoms with E-state index in [2.05, 4.69) is 25.1 Å². The Balaban J connectivity index is 2.83. The predicted molar refractivity (Wildman–Crippen MR) is 49.2 cm³/mol. The second-order valence-corrected chi connectivity index (χ2v) is 2.84. The fourth-order valence-electron chi connectivity index (χ4n) is 1.49. The minimum absolute atomic E-state index is 1.15. The first-order chi connectivity index (χ1) is 5.83. The van der Waals surface area contributed by atoms with Crippen LogP contribution in [0.25, 0.3) is 10.9 Å². The number of aryl methyl sites for hydroxylation is 1. The number of para-hydroxylation sites is 1. The smallest absolute Gasteiger partial charge is 0.104 e. The average molecular weight is 161 g/mol. The number of nitrogens with zero attached hydrogens (tertiary/aromatic N) is 1. The van der Waals surface area contributed by atoms with Crippen LogP contribution < -0.4 is 4.84 Å². The van der Waals surface area contributed by atoms with Crippen LogP contribution in [0.3, 0.4) is 0 Å². The first kappa shape index (κ1) is 7.22. The first-order valence-electron chi connectivity index (χ1n) is 3.94. The molecule has 0 fully saturated rings. The van der Waals surface area contributed by atoms with Gasteiger partial charge in [-0.15, -0.1) is 0 Å². The molecule has 0 aliphatic carbocycles. The third-order valence-electron chi connectivity index (χ3n) is 2.08. The van der Waals surface area contributed by atoms with Crippen LogP contribution in [0, 0.1) is 6.92 Å². The molecule has 2 aromatic rings. The number of hydrogen-bond donors (Lipinski definition) is 0. The molecule has 0 amide bonds. The molecule has 1 heterocycles. The highest BCUT2D eigenvalue weighted by Gasteiger charge is 2.01. The van der Waals surface area contributed by atoms with E-state index in [0.29, 0.717) is 0 Å². The van der Waals surface area contributed by atoms with Crippen molar-refractivity contribution < 1.29 is 4.84 Å². The summed E-state index contributed by atoms with van der Waals surface area (Å²) in [6, 6.07) is 8.26. The van der Waals surface area contributed by atoms with Gasteiger partial charge in [-0.25, -0.2) is 0 Å². The monoisotopic (exact) mass is 161 g/mol. The molecule has 62 valence electrons. The Morgan fingerprint density at radius 3 is 2.83 bits per heavy atom. The second kappa shape index (κ2) is 2.55. The van der Waals surface area contributed by atoms with E-state index in [9.17, 15) is 0 Å². The number of benzene rings is 1. The molecule has 0 radical (unpaired) electrons. The zero-order valence-corrected chi connectivity index (χ0v) is 7.24. The lowest BCUT2D eigenvalue weighted by molar-refractivity contribution is 0.179. The number of hydrogen-bond acceptors (Lipinski definition) is 1. The van der Waals surface area contributed by atoms with Gasteiger partial charge in [0.25, 0.3) is 0 Å². The fraction of sp³-hybridized carbons (Fsp3) is 0.200. The third-order valence-corrected chi connectivity index (χ3v) is 2.08. The summed E-state index contributed by atoms with van der Waals surface area (Å²) in [4.78, 5) is 5.16. The predicted octanol–water partition coefficient (Wildman–Crippen LogP) is 2.01. The molecule has 1 aromatic carbocycles. The zero-order valence-electron chi connectivity index (χ0n) is 7.24. The van der Waals surface area contributed by atoms with Gasteiger partial charge in [-0.3, -0.25) is 0 Å². The number of rotatable bonds is 1. The van der Waals surface area contributed by atoms with Crippen molar-refractivity contribution >= 4 is 10.9 Å². The zero-order chi connectivity index (χ0) is 8.55. The van der Waals surface area contributed by atoms with Crippen molar-refractivity contribution in [2.45, 2.75) is 6.92 Å². The van der Waals surface area contributed by atoms with Gasteiger partial charge >= 0.3 is 0 Å². The van der Waals surface area contributed by atoms with Crippen molar-refractivity contribution in [2.24, 2.45) is 0 Å². The van der Waals surface area contributed by atoms with Crippen LogP contribution >= 0.6 is 0 Å². The molecule has 0 unspecified atom stereocenters. The van der Waals surface area contributed by atoms with Crippen molar-refractivity contribution in [2.75, 3.05) is 7.11 Å². The van der Waals surface area contributed by atoms with E-state index in [1.807, 2.05) is 12.3 Å². The third kappa shape index (κ3) is 0.881. The van der Waals surface area contributed by atoms with E-state index in [-0.39, 0.29) is 0 Å². The SMILES string of the molecule is COn1ccc2cccc(C)c21. The van der Waals surface area contributed by atoms with E-state index < -0.39 is 0 Å². The Morgan fingerprint density at radius 1 is 1.25 bits per heavy atom. The molecule has 0 spiro atoms. The normalized spacial score (nSPS) is 10.5. The lowest BCUT2D eigenvalue weighted by Crippen LogP contribution is -2.03. The van der Waals surface area contributed by atoms with E-state index in [4.69, 9.17) is 4.84 Å². The van der Waals surface area contributed by atoms with Crippen molar-refractivity contribution in [1.29, 1.82) is 0 Å². The number of aromatic nitrogens is 1. The topological polar surface area (TPSA) is 14.2 Å². The molecule has 0 N–H and O–H groups in total. The Labute approximate surface area is 71.3 Å². The molecule has 0 aliphatic rings. The van der Waals surface area contributed by atoms with E-state index in [0.717, 1.165) is 5.52 Å². The van der Waals surface area contributed by atoms with Gasteiger partial charge < -0.3 is 4.84 Å². The lowest BCUT2D eigenvalue weighted by Gasteiger charge is -2.03. The van der Waals surface area contributed by atoms with Crippen molar-refractivity contribution in [1.82, 2.24) is 4.73 Å². The summed E-state index contributed by atoms with van der Waals surface area (Å²) in [5.41, 5.74) is 2.39. The Morgan fingerprint density at radius 2 is 2.08 bits per heavy atom. The molecule has 0 saturated carbocycles. The Hall–Kier alpha value is -1.44. The standard InChI is InChI=1S/C10H11NO/c1-8-4-3-5-9-6-7-11(12-2)10(8)9/h3-7H,1-2H3. The van der Waals surface area contributed by atoms with Crippen LogP contribution in [0.5, 0.6) is 0 Å². The second-order valence-electron chi connectivity index (χ2n) is 2.84. The molecule has 2 heteroatoms. The van der Waals surface area contributed by atoms with E-state index >= 15 is 0 Å². The van der Waals surface area contributed by atoms with Gasteiger partial charge in [0.1, 0.15) is 7.11 Å². The molecular formula is C10H11NO. The summed E-state index contributed by atoms with van der Waals surface area (Å²) < 4.78 is 1.78. The maximum Gasteiger partial charge on any atom is 0.104 e. The van der Waals surface area contributed by atoms with Crippen LogP contribution in [0.2, 0.25) is 0 Å². The number of fused-ring (bicyclic) bond motifs is 1. The van der Waals surface area contributed by atoms with Crippen molar-refractivity contribution in [3.8, 4) is 0 Å². The van der Waals surface area contributed by atoms with Gasteiger partial charge in [0.15, 0.2) is 0 Å². The van der Waals surface area contributed by atoms with E-state index in [1.54, 1.807) is 11.8 Å². The van der Waals surface area contributed by atoms with Crippen LogP contribution in [0.1, 0.15) is 5.56 Å². The molecule has 2 rings (SSSR count). The maximum absolute atomic E-state index is 5.16. The van der Waals surface area contributed by atoms with Gasteiger partial charge in [-0.05, 0) is 18.6 Å². The Kier molecular flexibility index (Phi) is 1.54. The van der Waals surface area contributed by atoms with Gasteiger partial charge in [0.05, 0.1) is 5.52 Å². The van der Waals surface area contributed by atoms with Crippen LogP contribution in [-0.2, 0) is 0 Å². The molecular weight excluding hydrogens is 150 g/mol. The average Bonchev–Trinajstić information content (AvgIpc) is 2.49. The molecule has 0 atom stereocenters. The highest BCUT2D eigenvalue weighted by Crippen LogP contribution is 2.17. The van der Waals surface area contributed by atoms with Crippen LogP contribution in [0.4, 0.5) is 0 Å². The van der Waals surface area contributed by atoms with Gasteiger partial charge in [0.2, 0.25) is 0 Å². The summed E-state index contributed by atoms with van der Waals surface area (Å²) in [7, 11) is 1.67. The molecule has 1 aromatic heterocycles. The summed E-state index contributed by atoms with van der Waals surface area (Å²) in [6.45, 7) is 2.08. The molecule has 0 bridgehead atoms. The summed E-state index contributed by atoms with van der Waals surface area (Å²) >= 11 is 0. The molecule has 0 saturated heterocycles. The van der Waals surface area contributed by atoms with E-state index in [1.165, 1.54) is 10.9 Å². The van der Waals surface area contributed by atoms with Gasteiger partial charge in [-0.2, -0.15) is 4.73 Å². The highest BCUT2D eigenvalue weighted by molar-refractivity contribution is 5.82. The summed E-state index contributed by atoms with van der Waals surface area (Å²) in [5.74, 6) is 0. The quantitative estimate of drug-likeness (QED) is 0.624. The van der Waals surface area contributed by atoms with Crippen molar-refractivity contribution in [3.05, 3.63) is 36.0 Å². The summed E-state index contributed by atoms with van der Waals surface area (Å²) in [5, 5.41) is 1.22. The fourth-order valence-corrected chi connectivity index (χ4v) is 1.49. The molecule has 2 nitrogen and oxygen atoms in total. The van der Waals surface area contributed by atoms with Gasteiger partial charge in [0, 0.05) is 11.6 Å². The molecule has 12 heavy (non-hydrogen) atoms. The van der Waals surface area contributed by atoms with Crippen LogP contribution in [0.15, 0.2) is 30.5 Å². The minimum atomic E-state index is 1.15. The Bertz CT molecular complexity index is 403. The summed E-state index contributed by atoms with van der Waals surface area (Å²) in [6.07, 6.45) is 1.93.